The van der Waals surface area contributed by atoms with E-state index in [1.165, 1.54) is 45.7 Å². The summed E-state index contributed by atoms with van der Waals surface area (Å²) in [5.41, 5.74) is 1.75. The number of aliphatic imine (C=N–C) groups is 2. The zero-order chi connectivity index (χ0) is 58.2. The van der Waals surface area contributed by atoms with E-state index in [-0.39, 0.29) is 131 Å². The zero-order valence-electron chi connectivity index (χ0n) is 44.3. The molecule has 6 heterocycles. The van der Waals surface area contributed by atoms with Crippen molar-refractivity contribution in [1.82, 2.24) is 14.5 Å². The largest absolute Gasteiger partial charge is 0.381 e. The van der Waals surface area contributed by atoms with E-state index in [1.54, 1.807) is 158 Å². The minimum Gasteiger partial charge on any atom is -0.381 e. The van der Waals surface area contributed by atoms with E-state index in [1.807, 2.05) is 0 Å². The summed E-state index contributed by atoms with van der Waals surface area (Å²) in [5, 5.41) is 0.809. The molecule has 0 N–H and O–H groups in total. The molecule has 26 heteroatoms. The molecular formula is C60H40N8O13S4V. The topological polar surface area (TPSA) is 271 Å². The molecule has 21 nitrogen and oxygen atoms in total. The third-order valence-corrected chi connectivity index (χ3v) is 18.3. The summed E-state index contributed by atoms with van der Waals surface area (Å²) in [6.45, 7) is 0. The van der Waals surface area contributed by atoms with E-state index in [0.29, 0.717) is 22.3 Å². The second-order valence-corrected chi connectivity index (χ2v) is 26.0. The second kappa shape index (κ2) is 21.5. The van der Waals surface area contributed by atoms with Gasteiger partial charge in [0.25, 0.3) is 11.5 Å². The van der Waals surface area contributed by atoms with Gasteiger partial charge in [0, 0.05) is 45.9 Å². The second-order valence-electron chi connectivity index (χ2n) is 19.7. The molecule has 0 spiro atoms. The van der Waals surface area contributed by atoms with Crippen molar-refractivity contribution in [3.63, 3.8) is 0 Å². The quantitative estimate of drug-likeness (QED) is 0.0653. The van der Waals surface area contributed by atoms with Crippen molar-refractivity contribution in [3.05, 3.63) is 238 Å². The molecule has 0 fully saturated rings. The first-order valence-corrected chi connectivity index (χ1v) is 32.3. The number of fused-ring (bicyclic) bond motifs is 15. The Kier molecular flexibility index (Phi) is 13.9. The number of hydrogen-bond acceptors (Lipinski definition) is 18. The number of benzene rings is 8. The molecule has 6 bridgehead atoms. The Hall–Kier alpha value is -9.50. The maximum absolute atomic E-state index is 14.1. The fraction of sp³-hybridized carbons (Fsp3) is 0.0667. The molecule has 2 aromatic heterocycles. The van der Waals surface area contributed by atoms with E-state index in [4.69, 9.17) is 51.3 Å². The molecule has 14 rings (SSSR count). The van der Waals surface area contributed by atoms with Crippen LogP contribution in [0.25, 0.3) is 43.8 Å². The summed E-state index contributed by atoms with van der Waals surface area (Å²) in [5.74, 6) is -3.38. The van der Waals surface area contributed by atoms with Crippen LogP contribution in [0, 0.1) is 0 Å². The monoisotopic (exact) mass is 1260 g/mol. The third kappa shape index (κ3) is 10.6. The zero-order valence-corrected chi connectivity index (χ0v) is 48.9. The molecule has 86 heavy (non-hydrogen) atoms. The first-order valence-electron chi connectivity index (χ1n) is 25.9. The van der Waals surface area contributed by atoms with Crippen LogP contribution in [-0.2, 0) is 82.0 Å². The average molecular weight is 1260 g/mol. The first-order chi connectivity index (χ1) is 41.0. The Morgan fingerprint density at radius 1 is 0.419 bits per heavy atom. The molecule has 0 atom stereocenters. The first kappa shape index (κ1) is 55.7. The summed E-state index contributed by atoms with van der Waals surface area (Å²) in [7, 11) is -17.6. The fourth-order valence-electron chi connectivity index (χ4n) is 10.3. The van der Waals surface area contributed by atoms with Gasteiger partial charge in [-0.15, -0.1) is 0 Å². The summed E-state index contributed by atoms with van der Waals surface area (Å²) in [6.07, 6.45) is 0. The van der Waals surface area contributed by atoms with Gasteiger partial charge in [-0.2, -0.15) is 43.3 Å². The van der Waals surface area contributed by atoms with E-state index in [2.05, 4.69) is 0 Å². The van der Waals surface area contributed by atoms with E-state index in [9.17, 15) is 33.7 Å². The number of aromatic nitrogens is 4. The number of nitrogens with zero attached hydrogens (tertiary/aromatic N) is 8. The van der Waals surface area contributed by atoms with E-state index >= 15 is 0 Å². The summed E-state index contributed by atoms with van der Waals surface area (Å²) in [6, 6.07) is 52.1. The Morgan fingerprint density at radius 2 is 0.860 bits per heavy atom. The summed E-state index contributed by atoms with van der Waals surface area (Å²) in [4.78, 5) is 30.2. The molecule has 0 amide bonds. The van der Waals surface area contributed by atoms with E-state index < -0.39 is 63.5 Å². The number of amidine groups is 2. The van der Waals surface area contributed by atoms with Crippen LogP contribution in [0.3, 0.4) is 0 Å². The molecule has 0 saturated carbocycles. The van der Waals surface area contributed by atoms with Crippen molar-refractivity contribution in [2.24, 2.45) is 20.0 Å². The van der Waals surface area contributed by atoms with Gasteiger partial charge in [-0.25, -0.2) is 4.99 Å². The minimum atomic E-state index is -4.42. The van der Waals surface area contributed by atoms with Crippen LogP contribution in [0.15, 0.2) is 219 Å². The SMILES string of the molecule is O=S(=O)(Cc1ccccc1)Oc1cccc2c1C1=NC2=Nc2c3c(OS(=O)(=O)Cc4ccccc4)cccc3c3nc4c5c(OS(=O)(=O)Cc6ccccc6)cccc5c([n+]-4on23)N=c2[n-]c(c3cccc(OS(=O)(=O)Cc4ccccc4)c23)=N1.[V]. The molecule has 10 aromatic rings. The Balaban J connectivity index is 0.00000686. The molecule has 0 aliphatic carbocycles. The summed E-state index contributed by atoms with van der Waals surface area (Å²) < 4.78 is 145. The molecule has 1 radical (unpaired) electrons. The van der Waals surface area contributed by atoms with Crippen molar-refractivity contribution in [3.8, 4) is 28.8 Å². The predicted octanol–water partition coefficient (Wildman–Crippen LogP) is 8.11. The average Bonchev–Trinajstić information content (AvgIpc) is 1.70. The van der Waals surface area contributed by atoms with Crippen LogP contribution in [0.2, 0.25) is 0 Å². The van der Waals surface area contributed by atoms with Crippen LogP contribution in [0.1, 0.15) is 33.4 Å². The van der Waals surface area contributed by atoms with Crippen LogP contribution in [-0.4, -0.2) is 54.9 Å². The van der Waals surface area contributed by atoms with Crippen molar-refractivity contribution in [1.29, 1.82) is 0 Å². The van der Waals surface area contributed by atoms with Crippen LogP contribution < -0.4 is 37.4 Å². The van der Waals surface area contributed by atoms with Gasteiger partial charge in [-0.05, 0) is 62.5 Å². The standard InChI is InChI=1S/C60H40N8O13S4.V/c69-82(70,33-37-17-5-1-6-18-37)77-45-29-14-26-42-49(45)55-61-53-41-25-13-30-46(78-83(71,72)34-38-19-7-2-8-20-38)50(41)56(62-53)65-57-43-27-15-32-48(80-85(75,76)36-40-23-11-4-12-24-40)52(43)60-66-58-44-28-16-31-47(79-84(73,74)35-39-21-9-3-10-22-39)51(44)59(64-54(42)63-55)68(58)81-67(57)60;/h1-32H,33-36H2;. The molecule has 8 aromatic carbocycles. The van der Waals surface area contributed by atoms with E-state index in [0.717, 1.165) is 0 Å². The van der Waals surface area contributed by atoms with Crippen LogP contribution in [0.4, 0.5) is 11.6 Å². The summed E-state index contributed by atoms with van der Waals surface area (Å²) >= 11 is 0. The normalized spacial score (nSPS) is 13.2. The van der Waals surface area contributed by atoms with Crippen LogP contribution >= 0.6 is 0 Å². The van der Waals surface area contributed by atoms with Gasteiger partial charge < -0.3 is 31.7 Å². The van der Waals surface area contributed by atoms with Gasteiger partial charge in [0.15, 0.2) is 34.7 Å². The minimum absolute atomic E-state index is 0. The number of hydrogen-bond donors (Lipinski definition) is 0. The molecule has 0 saturated heterocycles. The van der Waals surface area contributed by atoms with Gasteiger partial charge in [-0.1, -0.05) is 174 Å². The molecule has 427 valence electrons. The third-order valence-electron chi connectivity index (χ3n) is 13.8. The van der Waals surface area contributed by atoms with Crippen molar-refractivity contribution in [2.45, 2.75) is 23.0 Å². The van der Waals surface area contributed by atoms with Crippen molar-refractivity contribution in [2.75, 3.05) is 0 Å². The van der Waals surface area contributed by atoms with Gasteiger partial charge in [0.1, 0.15) is 28.4 Å². The van der Waals surface area contributed by atoms with Gasteiger partial charge in [0.05, 0.1) is 22.2 Å². The fourth-order valence-corrected chi connectivity index (χ4v) is 14.6. The van der Waals surface area contributed by atoms with Crippen molar-refractivity contribution >= 4 is 102 Å². The molecule has 0 unspecified atom stereocenters. The maximum Gasteiger partial charge on any atom is 0.313 e. The smallest absolute Gasteiger partial charge is 0.313 e. The van der Waals surface area contributed by atoms with Crippen molar-refractivity contribution < 1.29 is 78.3 Å². The Morgan fingerprint density at radius 3 is 1.38 bits per heavy atom. The molecular weight excluding hydrogens is 1220 g/mol. The predicted molar refractivity (Wildman–Crippen MR) is 312 cm³/mol. The molecule has 4 aliphatic rings. The van der Waals surface area contributed by atoms with Crippen LogP contribution in [0.5, 0.6) is 23.0 Å². The van der Waals surface area contributed by atoms with Gasteiger partial charge in [0.2, 0.25) is 5.82 Å². The Labute approximate surface area is 501 Å². The van der Waals surface area contributed by atoms with Gasteiger partial charge >= 0.3 is 40.5 Å². The Bertz CT molecular complexity index is 5380. The number of rotatable bonds is 16. The maximum atomic E-state index is 14.1. The molecule has 4 aliphatic heterocycles. The van der Waals surface area contributed by atoms with Gasteiger partial charge in [-0.3, -0.25) is 0 Å².